The van der Waals surface area contributed by atoms with Gasteiger partial charge in [0.25, 0.3) is 0 Å². The second-order valence-electron chi connectivity index (χ2n) is 7.50. The lowest BCUT2D eigenvalue weighted by atomic mass is 9.76. The Balaban J connectivity index is 2.21. The highest BCUT2D eigenvalue weighted by Gasteiger charge is 2.29. The zero-order valence-electron chi connectivity index (χ0n) is 17.2. The molecule has 0 spiro atoms. The van der Waals surface area contributed by atoms with Crippen LogP contribution in [0, 0.1) is 10.7 Å². The molecule has 2 aromatic rings. The Hall–Kier alpha value is -2.76. The average molecular weight is 399 g/mol. The fourth-order valence-corrected chi connectivity index (χ4v) is 3.80. The largest absolute Gasteiger partial charge is 0.490 e. The molecule has 6 heteroatoms. The molecule has 5 nitrogen and oxygen atoms in total. The van der Waals surface area contributed by atoms with Crippen molar-refractivity contribution in [3.63, 3.8) is 0 Å². The number of benzene rings is 2. The van der Waals surface area contributed by atoms with Crippen LogP contribution in [0.25, 0.3) is 11.1 Å². The van der Waals surface area contributed by atoms with Crippen molar-refractivity contribution in [1.82, 2.24) is 5.43 Å². The maximum absolute atomic E-state index is 14.9. The smallest absolute Gasteiger partial charge is 0.310 e. The number of amides is 1. The average Bonchev–Trinajstić information content (AvgIpc) is 2.65. The van der Waals surface area contributed by atoms with E-state index >= 15 is 0 Å². The first kappa shape index (κ1) is 21.0. The van der Waals surface area contributed by atoms with E-state index in [0.717, 1.165) is 32.1 Å². The van der Waals surface area contributed by atoms with Crippen LogP contribution in [0.2, 0.25) is 0 Å². The molecule has 1 aliphatic carbocycles. The molecule has 3 rings (SSSR count). The van der Waals surface area contributed by atoms with Crippen molar-refractivity contribution in [3.8, 4) is 16.9 Å². The lowest BCUT2D eigenvalue weighted by molar-refractivity contribution is -0.564. The molecule has 0 radical (unpaired) electrons. The van der Waals surface area contributed by atoms with Gasteiger partial charge in [-0.25, -0.2) is 4.39 Å². The van der Waals surface area contributed by atoms with Crippen LogP contribution < -0.4 is 10.2 Å². The van der Waals surface area contributed by atoms with Gasteiger partial charge in [0, 0.05) is 5.56 Å². The van der Waals surface area contributed by atoms with Gasteiger partial charge in [0.2, 0.25) is 7.05 Å². The fraction of sp³-hybridized carbons (Fsp3) is 0.435. The molecule has 1 aliphatic rings. The number of hydrogen-bond acceptors (Lipinski definition) is 3. The number of nitrogens with zero attached hydrogens (tertiary/aromatic N) is 1. The van der Waals surface area contributed by atoms with Gasteiger partial charge in [-0.3, -0.25) is 4.79 Å². The SMILES string of the molecule is CCC(CC)Oc1cccc(C(=O)N[N+](C)=O)c1-c1cccc(F)c1C1CCC1. The summed E-state index contributed by atoms with van der Waals surface area (Å²) in [5.41, 5.74) is 4.38. The molecule has 0 aromatic heterocycles. The molecule has 0 atom stereocenters. The van der Waals surface area contributed by atoms with Crippen LogP contribution in [0.5, 0.6) is 5.75 Å². The van der Waals surface area contributed by atoms with Crippen molar-refractivity contribution in [2.75, 3.05) is 7.05 Å². The van der Waals surface area contributed by atoms with E-state index in [1.165, 1.54) is 13.1 Å². The second-order valence-corrected chi connectivity index (χ2v) is 7.50. The molecular weight excluding hydrogens is 371 g/mol. The number of ether oxygens (including phenoxy) is 1. The van der Waals surface area contributed by atoms with Crippen LogP contribution in [-0.4, -0.2) is 23.9 Å². The highest BCUT2D eigenvalue weighted by atomic mass is 19.1. The van der Waals surface area contributed by atoms with Gasteiger partial charge in [0.05, 0.1) is 16.6 Å². The molecule has 0 heterocycles. The van der Waals surface area contributed by atoms with Gasteiger partial charge in [0.1, 0.15) is 16.4 Å². The predicted octanol–water partition coefficient (Wildman–Crippen LogP) is 5.38. The first-order valence-electron chi connectivity index (χ1n) is 10.3. The van der Waals surface area contributed by atoms with E-state index in [9.17, 15) is 14.1 Å². The Kier molecular flexibility index (Phi) is 6.62. The molecule has 1 N–H and O–H groups in total. The summed E-state index contributed by atoms with van der Waals surface area (Å²) in [5.74, 6) is -0.148. The molecular formula is C23H28FN2O3+. The number of carbonyl (C=O) groups excluding carboxylic acids is 1. The van der Waals surface area contributed by atoms with Crippen LogP contribution in [0.15, 0.2) is 36.4 Å². The van der Waals surface area contributed by atoms with Crippen molar-refractivity contribution in [2.24, 2.45) is 0 Å². The van der Waals surface area contributed by atoms with Gasteiger partial charge in [-0.1, -0.05) is 43.9 Å². The lowest BCUT2D eigenvalue weighted by Crippen LogP contribution is -2.31. The molecule has 29 heavy (non-hydrogen) atoms. The minimum atomic E-state index is -0.545. The number of nitroso groups, excluding NO2 is 1. The number of halogens is 1. The number of hydrazine groups is 1. The summed E-state index contributed by atoms with van der Waals surface area (Å²) in [6.45, 7) is 4.08. The summed E-state index contributed by atoms with van der Waals surface area (Å²) >= 11 is 0. The van der Waals surface area contributed by atoms with Crippen molar-refractivity contribution >= 4 is 5.91 Å². The quantitative estimate of drug-likeness (QED) is 0.479. The zero-order chi connectivity index (χ0) is 21.0. The number of nitrogens with one attached hydrogen (secondary N) is 1. The monoisotopic (exact) mass is 399 g/mol. The number of carbonyl (C=O) groups is 1. The Morgan fingerprint density at radius 2 is 1.90 bits per heavy atom. The molecule has 2 aromatic carbocycles. The van der Waals surface area contributed by atoms with Gasteiger partial charge in [-0.15, -0.1) is 0 Å². The fourth-order valence-electron chi connectivity index (χ4n) is 3.80. The number of hydrogen-bond donors (Lipinski definition) is 1. The lowest BCUT2D eigenvalue weighted by Gasteiger charge is -2.29. The maximum atomic E-state index is 14.9. The third-order valence-corrected chi connectivity index (χ3v) is 5.57. The Morgan fingerprint density at radius 1 is 1.21 bits per heavy atom. The van der Waals surface area contributed by atoms with Gasteiger partial charge >= 0.3 is 5.91 Å². The van der Waals surface area contributed by atoms with Gasteiger partial charge in [0.15, 0.2) is 0 Å². The summed E-state index contributed by atoms with van der Waals surface area (Å²) in [6.07, 6.45) is 4.53. The van der Waals surface area contributed by atoms with E-state index in [-0.39, 0.29) is 17.8 Å². The molecule has 0 aliphatic heterocycles. The molecule has 0 bridgehead atoms. The van der Waals surface area contributed by atoms with E-state index in [1.807, 2.05) is 19.9 Å². The second kappa shape index (κ2) is 9.16. The van der Waals surface area contributed by atoms with E-state index in [1.54, 1.807) is 24.3 Å². The van der Waals surface area contributed by atoms with Crippen molar-refractivity contribution in [2.45, 2.75) is 58.0 Å². The minimum absolute atomic E-state index is 0.0186. The topological polar surface area (TPSA) is 58.4 Å². The Morgan fingerprint density at radius 3 is 2.48 bits per heavy atom. The summed E-state index contributed by atoms with van der Waals surface area (Å²) in [7, 11) is 1.21. The van der Waals surface area contributed by atoms with Crippen molar-refractivity contribution < 1.29 is 18.8 Å². The summed E-state index contributed by atoms with van der Waals surface area (Å²) in [5, 5.41) is 0. The van der Waals surface area contributed by atoms with Gasteiger partial charge in [-0.2, -0.15) is 0 Å². The van der Waals surface area contributed by atoms with Crippen LogP contribution in [0.3, 0.4) is 0 Å². The number of rotatable bonds is 8. The van der Waals surface area contributed by atoms with E-state index in [0.29, 0.717) is 32.9 Å². The van der Waals surface area contributed by atoms with Gasteiger partial charge < -0.3 is 4.74 Å². The standard InChI is InChI=1S/C23H27FN2O3/c1-4-16(5-2)29-20-14-8-12-18(23(27)25-26(3)28)22(20)17-11-7-13-19(24)21(17)15-9-6-10-15/h7-8,11-16H,4-6,9-10H2,1-3H3/p+1. The zero-order valence-corrected chi connectivity index (χ0v) is 17.2. The molecule has 1 saturated carbocycles. The molecule has 0 saturated heterocycles. The van der Waals surface area contributed by atoms with Crippen LogP contribution in [-0.2, 0) is 0 Å². The summed E-state index contributed by atoms with van der Waals surface area (Å²) in [6, 6.07) is 10.1. The third-order valence-electron chi connectivity index (χ3n) is 5.57. The van der Waals surface area contributed by atoms with Gasteiger partial charge in [-0.05, 0) is 60.9 Å². The Labute approximate surface area is 170 Å². The Bertz CT molecular complexity index is 905. The van der Waals surface area contributed by atoms with E-state index in [4.69, 9.17) is 4.74 Å². The molecule has 1 fully saturated rings. The minimum Gasteiger partial charge on any atom is -0.490 e. The summed E-state index contributed by atoms with van der Waals surface area (Å²) in [4.78, 5) is 24.5. The van der Waals surface area contributed by atoms with Crippen molar-refractivity contribution in [1.29, 1.82) is 0 Å². The first-order chi connectivity index (χ1) is 14.0. The summed E-state index contributed by atoms with van der Waals surface area (Å²) < 4.78 is 21.1. The van der Waals surface area contributed by atoms with Crippen molar-refractivity contribution in [3.05, 3.63) is 58.2 Å². The molecule has 154 valence electrons. The highest BCUT2D eigenvalue weighted by molar-refractivity contribution is 6.02. The predicted molar refractivity (Wildman–Crippen MR) is 110 cm³/mol. The maximum Gasteiger partial charge on any atom is 0.310 e. The van der Waals surface area contributed by atoms with Crippen LogP contribution in [0.4, 0.5) is 4.39 Å². The van der Waals surface area contributed by atoms with Crippen LogP contribution >= 0.6 is 0 Å². The molecule has 0 unspecified atom stereocenters. The van der Waals surface area contributed by atoms with E-state index in [2.05, 4.69) is 5.43 Å². The van der Waals surface area contributed by atoms with Crippen LogP contribution in [0.1, 0.15) is 67.8 Å². The normalized spacial score (nSPS) is 13.8. The molecule has 1 amide bonds. The first-order valence-corrected chi connectivity index (χ1v) is 10.3. The van der Waals surface area contributed by atoms with E-state index < -0.39 is 5.91 Å². The third kappa shape index (κ3) is 4.47. The highest BCUT2D eigenvalue weighted by Crippen LogP contribution is 2.45.